The summed E-state index contributed by atoms with van der Waals surface area (Å²) >= 11 is 1.92. The summed E-state index contributed by atoms with van der Waals surface area (Å²) in [5.41, 5.74) is 0. The second-order valence-electron chi connectivity index (χ2n) is 2.18. The van der Waals surface area contributed by atoms with E-state index in [2.05, 4.69) is 5.32 Å². The van der Waals surface area contributed by atoms with Gasteiger partial charge in [0, 0.05) is 6.61 Å². The molecule has 0 aromatic carbocycles. The molecule has 3 heteroatoms. The first kappa shape index (κ1) is 7.38. The minimum atomic E-state index is 0.310. The predicted molar refractivity (Wildman–Crippen MR) is 40.6 cm³/mol. The molecule has 1 saturated heterocycles. The van der Waals surface area contributed by atoms with Gasteiger partial charge in [-0.05, 0) is 25.1 Å². The number of nitrogens with one attached hydrogen (secondary N) is 1. The molecule has 0 aromatic heterocycles. The van der Waals surface area contributed by atoms with Crippen molar-refractivity contribution in [3.8, 4) is 0 Å². The van der Waals surface area contributed by atoms with Gasteiger partial charge in [-0.25, -0.2) is 0 Å². The Morgan fingerprint density at radius 1 is 1.67 bits per heavy atom. The summed E-state index contributed by atoms with van der Waals surface area (Å²) in [6.07, 6.45) is 2.16. The lowest BCUT2D eigenvalue weighted by Gasteiger charge is -2.21. The van der Waals surface area contributed by atoms with E-state index in [4.69, 9.17) is 5.11 Å². The molecule has 1 heterocycles. The van der Waals surface area contributed by atoms with Gasteiger partial charge >= 0.3 is 0 Å². The van der Waals surface area contributed by atoms with Crippen molar-refractivity contribution in [2.75, 3.05) is 18.9 Å². The summed E-state index contributed by atoms with van der Waals surface area (Å²) in [6, 6.07) is 0. The van der Waals surface area contributed by atoms with Gasteiger partial charge in [-0.2, -0.15) is 0 Å². The quantitative estimate of drug-likeness (QED) is 0.594. The molecule has 0 radical (unpaired) electrons. The van der Waals surface area contributed by atoms with Gasteiger partial charge in [0.25, 0.3) is 0 Å². The number of thioether (sulfide) groups is 1. The van der Waals surface area contributed by atoms with Crippen LogP contribution < -0.4 is 5.32 Å². The average Bonchev–Trinajstić information content (AvgIpc) is 1.91. The highest BCUT2D eigenvalue weighted by Crippen LogP contribution is 2.16. The van der Waals surface area contributed by atoms with E-state index in [1.54, 1.807) is 0 Å². The van der Waals surface area contributed by atoms with Crippen molar-refractivity contribution in [1.82, 2.24) is 5.32 Å². The van der Waals surface area contributed by atoms with Gasteiger partial charge in [-0.1, -0.05) is 0 Å². The Labute approximate surface area is 60.0 Å². The number of aliphatic hydroxyl groups is 1. The number of aliphatic hydroxyl groups excluding tert-OH is 1. The predicted octanol–water partition coefficient (Wildman–Crippen LogP) is 0.421. The molecule has 0 amide bonds. The van der Waals surface area contributed by atoms with Crippen molar-refractivity contribution < 1.29 is 5.11 Å². The molecular formula is C6H13NOS. The third kappa shape index (κ3) is 2.56. The van der Waals surface area contributed by atoms with Crippen molar-refractivity contribution in [3.63, 3.8) is 0 Å². The number of hydrogen-bond donors (Lipinski definition) is 2. The molecule has 1 aliphatic rings. The summed E-state index contributed by atoms with van der Waals surface area (Å²) in [7, 11) is 0. The maximum atomic E-state index is 8.57. The van der Waals surface area contributed by atoms with Gasteiger partial charge in [0.05, 0.1) is 5.37 Å². The van der Waals surface area contributed by atoms with Crippen LogP contribution in [0.2, 0.25) is 0 Å². The van der Waals surface area contributed by atoms with Crippen LogP contribution >= 0.6 is 11.8 Å². The number of hydrogen-bond acceptors (Lipinski definition) is 3. The lowest BCUT2D eigenvalue weighted by molar-refractivity contribution is 0.281. The highest BCUT2D eigenvalue weighted by Gasteiger charge is 2.10. The van der Waals surface area contributed by atoms with Crippen LogP contribution in [0.25, 0.3) is 0 Å². The van der Waals surface area contributed by atoms with Gasteiger partial charge in [-0.15, -0.1) is 11.8 Å². The highest BCUT2D eigenvalue weighted by molar-refractivity contribution is 7.99. The third-order valence-corrected chi connectivity index (χ3v) is 2.73. The largest absolute Gasteiger partial charge is 0.396 e. The molecule has 0 saturated carbocycles. The zero-order valence-electron chi connectivity index (χ0n) is 5.47. The van der Waals surface area contributed by atoms with Crippen molar-refractivity contribution in [2.45, 2.75) is 18.2 Å². The van der Waals surface area contributed by atoms with Crippen molar-refractivity contribution in [2.24, 2.45) is 0 Å². The summed E-state index contributed by atoms with van der Waals surface area (Å²) in [6.45, 7) is 1.43. The molecule has 2 nitrogen and oxygen atoms in total. The van der Waals surface area contributed by atoms with E-state index in [9.17, 15) is 0 Å². The van der Waals surface area contributed by atoms with Crippen LogP contribution in [-0.2, 0) is 0 Å². The van der Waals surface area contributed by atoms with E-state index in [1.165, 1.54) is 12.2 Å². The molecule has 1 rings (SSSR count). The summed E-state index contributed by atoms with van der Waals surface area (Å²) in [4.78, 5) is 0. The molecule has 1 unspecified atom stereocenters. The average molecular weight is 147 g/mol. The first-order chi connectivity index (χ1) is 4.43. The van der Waals surface area contributed by atoms with E-state index in [1.807, 2.05) is 11.8 Å². The Hall–Kier alpha value is 0.270. The zero-order chi connectivity index (χ0) is 6.53. The molecule has 1 fully saturated rings. The highest BCUT2D eigenvalue weighted by atomic mass is 32.2. The van der Waals surface area contributed by atoms with Crippen molar-refractivity contribution in [1.29, 1.82) is 0 Å². The van der Waals surface area contributed by atoms with E-state index in [0.29, 0.717) is 12.0 Å². The minimum Gasteiger partial charge on any atom is -0.396 e. The Morgan fingerprint density at radius 2 is 2.56 bits per heavy atom. The van der Waals surface area contributed by atoms with Gasteiger partial charge in [0.1, 0.15) is 0 Å². The molecule has 1 aliphatic heterocycles. The van der Waals surface area contributed by atoms with Gasteiger partial charge < -0.3 is 10.4 Å². The lowest BCUT2D eigenvalue weighted by Crippen LogP contribution is -2.32. The third-order valence-electron chi connectivity index (χ3n) is 1.40. The van der Waals surface area contributed by atoms with E-state index in [-0.39, 0.29) is 0 Å². The van der Waals surface area contributed by atoms with Crippen LogP contribution in [0.5, 0.6) is 0 Å². The van der Waals surface area contributed by atoms with E-state index in [0.717, 1.165) is 13.0 Å². The Bertz CT molecular complexity index is 70.7. The molecule has 1 atom stereocenters. The molecule has 0 bridgehead atoms. The van der Waals surface area contributed by atoms with E-state index >= 15 is 0 Å². The second-order valence-corrected chi connectivity index (χ2v) is 3.49. The summed E-state index contributed by atoms with van der Waals surface area (Å²) in [5.74, 6) is 1.25. The Balaban J connectivity index is 2.08. The van der Waals surface area contributed by atoms with Crippen molar-refractivity contribution in [3.05, 3.63) is 0 Å². The van der Waals surface area contributed by atoms with Crippen LogP contribution in [-0.4, -0.2) is 29.4 Å². The van der Waals surface area contributed by atoms with Crippen LogP contribution in [0.1, 0.15) is 12.8 Å². The monoisotopic (exact) mass is 147 g/mol. The van der Waals surface area contributed by atoms with Crippen LogP contribution in [0.15, 0.2) is 0 Å². The molecule has 0 aromatic rings. The number of rotatable bonds is 2. The normalized spacial score (nSPS) is 28.3. The van der Waals surface area contributed by atoms with Gasteiger partial charge in [0.2, 0.25) is 0 Å². The van der Waals surface area contributed by atoms with Crippen LogP contribution in [0.3, 0.4) is 0 Å². The fourth-order valence-electron chi connectivity index (χ4n) is 0.922. The zero-order valence-corrected chi connectivity index (χ0v) is 6.28. The first-order valence-electron chi connectivity index (χ1n) is 3.39. The molecule has 2 N–H and O–H groups in total. The molecule has 54 valence electrons. The summed E-state index contributed by atoms with van der Waals surface area (Å²) < 4.78 is 0. The Morgan fingerprint density at radius 3 is 3.11 bits per heavy atom. The minimum absolute atomic E-state index is 0.310. The molecule has 9 heavy (non-hydrogen) atoms. The van der Waals surface area contributed by atoms with Crippen LogP contribution in [0.4, 0.5) is 0 Å². The molecule has 0 aliphatic carbocycles. The molecule has 0 spiro atoms. The fraction of sp³-hybridized carbons (Fsp3) is 1.00. The smallest absolute Gasteiger partial charge is 0.0554 e. The van der Waals surface area contributed by atoms with Gasteiger partial charge in [0.15, 0.2) is 0 Å². The van der Waals surface area contributed by atoms with E-state index < -0.39 is 0 Å². The topological polar surface area (TPSA) is 32.3 Å². The lowest BCUT2D eigenvalue weighted by atomic mass is 10.4. The summed E-state index contributed by atoms with van der Waals surface area (Å²) in [5, 5.41) is 12.4. The second kappa shape index (κ2) is 4.14. The fourth-order valence-corrected chi connectivity index (χ4v) is 2.03. The standard InChI is InChI=1S/C6H13NOS/c8-4-2-6-7-3-1-5-9-6/h6-8H,1-5H2. The maximum Gasteiger partial charge on any atom is 0.0554 e. The maximum absolute atomic E-state index is 8.57. The van der Waals surface area contributed by atoms with Gasteiger partial charge in [-0.3, -0.25) is 0 Å². The van der Waals surface area contributed by atoms with Crippen molar-refractivity contribution >= 4 is 11.8 Å². The SMILES string of the molecule is OCCC1NCCCS1. The first-order valence-corrected chi connectivity index (χ1v) is 4.44. The van der Waals surface area contributed by atoms with Crippen LogP contribution in [0, 0.1) is 0 Å². The Kier molecular flexibility index (Phi) is 3.40. The molecular weight excluding hydrogens is 134 g/mol.